The summed E-state index contributed by atoms with van der Waals surface area (Å²) in [6.45, 7) is 0.329. The van der Waals surface area contributed by atoms with Crippen LogP contribution < -0.4 is 0 Å². The monoisotopic (exact) mass is 205 g/mol. The maximum absolute atomic E-state index is 10.3. The fourth-order valence-corrected chi connectivity index (χ4v) is 1.18. The molecule has 1 aromatic carbocycles. The summed E-state index contributed by atoms with van der Waals surface area (Å²) in [7, 11) is 0. The Bertz CT molecular complexity index is 380. The van der Waals surface area contributed by atoms with Crippen LogP contribution in [0.5, 0.6) is 0 Å². The van der Waals surface area contributed by atoms with E-state index in [9.17, 15) is 4.79 Å². The minimum atomic E-state index is -0.798. The van der Waals surface area contributed by atoms with Crippen molar-refractivity contribution in [2.45, 2.75) is 19.4 Å². The predicted octanol–water partition coefficient (Wildman–Crippen LogP) is 2.51. The number of carboxylic acids is 1. The number of azide groups is 1. The zero-order valence-electron chi connectivity index (χ0n) is 8.13. The van der Waals surface area contributed by atoms with Gasteiger partial charge < -0.3 is 5.11 Å². The molecule has 0 saturated carbocycles. The molecule has 0 spiro atoms. The third-order valence-electron chi connectivity index (χ3n) is 1.97. The predicted molar refractivity (Wildman–Crippen MR) is 55.2 cm³/mol. The molecule has 0 saturated heterocycles. The Balaban J connectivity index is 2.55. The van der Waals surface area contributed by atoms with Crippen LogP contribution in [0.1, 0.15) is 17.5 Å². The molecule has 5 nitrogen and oxygen atoms in total. The number of rotatable bonds is 5. The molecular weight excluding hydrogens is 194 g/mol. The minimum absolute atomic E-state index is 0.135. The molecule has 1 N–H and O–H groups in total. The largest absolute Gasteiger partial charge is 0.481 e. The molecule has 0 heterocycles. The highest BCUT2D eigenvalue weighted by atomic mass is 16.4. The average Bonchev–Trinajstić information content (AvgIpc) is 2.25. The molecule has 0 amide bonds. The number of carbonyl (C=O) groups is 1. The Labute approximate surface area is 87.0 Å². The summed E-state index contributed by atoms with van der Waals surface area (Å²) in [4.78, 5) is 13.0. The van der Waals surface area contributed by atoms with E-state index in [4.69, 9.17) is 10.6 Å². The van der Waals surface area contributed by atoms with E-state index in [0.717, 1.165) is 11.1 Å². The molecule has 0 aliphatic carbocycles. The average molecular weight is 205 g/mol. The molecular formula is C10H11N3O2. The van der Waals surface area contributed by atoms with E-state index in [-0.39, 0.29) is 6.42 Å². The highest BCUT2D eigenvalue weighted by molar-refractivity contribution is 5.67. The first kappa shape index (κ1) is 11.1. The van der Waals surface area contributed by atoms with Gasteiger partial charge in [-0.05, 0) is 23.1 Å². The van der Waals surface area contributed by atoms with Crippen molar-refractivity contribution in [2.24, 2.45) is 5.11 Å². The van der Waals surface area contributed by atoms with Crippen molar-refractivity contribution in [3.05, 3.63) is 45.8 Å². The van der Waals surface area contributed by atoms with Crippen molar-refractivity contribution in [3.8, 4) is 0 Å². The Morgan fingerprint density at radius 1 is 1.33 bits per heavy atom. The topological polar surface area (TPSA) is 86.1 Å². The minimum Gasteiger partial charge on any atom is -0.481 e. The summed E-state index contributed by atoms with van der Waals surface area (Å²) in [5, 5.41) is 11.9. The van der Waals surface area contributed by atoms with Crippen molar-refractivity contribution >= 4 is 5.97 Å². The Hall–Kier alpha value is -2.00. The smallest absolute Gasteiger partial charge is 0.303 e. The van der Waals surface area contributed by atoms with Gasteiger partial charge in [-0.25, -0.2) is 0 Å². The van der Waals surface area contributed by atoms with E-state index in [0.29, 0.717) is 13.0 Å². The molecule has 0 atom stereocenters. The second-order valence-electron chi connectivity index (χ2n) is 3.10. The molecule has 0 bridgehead atoms. The molecule has 15 heavy (non-hydrogen) atoms. The highest BCUT2D eigenvalue weighted by Crippen LogP contribution is 2.07. The standard InChI is InChI=1S/C10H11N3O2/c11-13-12-7-9-3-1-8(2-4-9)5-6-10(14)15/h1-4H,5-7H2,(H,14,15). The molecule has 5 heteroatoms. The van der Waals surface area contributed by atoms with Gasteiger partial charge in [0.05, 0.1) is 6.54 Å². The Kier molecular flexibility index (Phi) is 4.19. The lowest BCUT2D eigenvalue weighted by Gasteiger charge is -2.00. The third kappa shape index (κ3) is 4.15. The van der Waals surface area contributed by atoms with Crippen molar-refractivity contribution in [2.75, 3.05) is 0 Å². The van der Waals surface area contributed by atoms with Crippen molar-refractivity contribution in [1.29, 1.82) is 0 Å². The van der Waals surface area contributed by atoms with Gasteiger partial charge in [-0.15, -0.1) is 0 Å². The second-order valence-corrected chi connectivity index (χ2v) is 3.10. The van der Waals surface area contributed by atoms with Gasteiger partial charge in [0.25, 0.3) is 0 Å². The van der Waals surface area contributed by atoms with Crippen LogP contribution in [0.3, 0.4) is 0 Å². The van der Waals surface area contributed by atoms with E-state index in [1.807, 2.05) is 24.3 Å². The summed E-state index contributed by atoms with van der Waals surface area (Å²) in [6.07, 6.45) is 0.660. The van der Waals surface area contributed by atoms with Crippen LogP contribution in [0.25, 0.3) is 10.4 Å². The van der Waals surface area contributed by atoms with E-state index in [1.165, 1.54) is 0 Å². The molecule has 1 rings (SSSR count). The van der Waals surface area contributed by atoms with Gasteiger partial charge in [-0.3, -0.25) is 4.79 Å². The van der Waals surface area contributed by atoms with Gasteiger partial charge in [-0.2, -0.15) is 0 Å². The molecule has 78 valence electrons. The lowest BCUT2D eigenvalue weighted by atomic mass is 10.1. The molecule has 1 aromatic rings. The summed E-state index contributed by atoms with van der Waals surface area (Å²) in [6, 6.07) is 7.38. The fourth-order valence-electron chi connectivity index (χ4n) is 1.18. The number of benzene rings is 1. The molecule has 0 radical (unpaired) electrons. The lowest BCUT2D eigenvalue weighted by molar-refractivity contribution is -0.136. The summed E-state index contributed by atoms with van der Waals surface area (Å²) < 4.78 is 0. The fraction of sp³-hybridized carbons (Fsp3) is 0.300. The van der Waals surface area contributed by atoms with E-state index >= 15 is 0 Å². The SMILES string of the molecule is [N-]=[N+]=NCc1ccc(CCC(=O)O)cc1. The Morgan fingerprint density at radius 2 is 1.93 bits per heavy atom. The van der Waals surface area contributed by atoms with E-state index in [1.54, 1.807) is 0 Å². The molecule has 0 aliphatic heterocycles. The second kappa shape index (κ2) is 5.67. The highest BCUT2D eigenvalue weighted by Gasteiger charge is 1.98. The van der Waals surface area contributed by atoms with Gasteiger partial charge in [0.1, 0.15) is 0 Å². The van der Waals surface area contributed by atoms with Gasteiger partial charge in [0, 0.05) is 11.3 Å². The quantitative estimate of drug-likeness (QED) is 0.455. The summed E-state index contributed by atoms with van der Waals surface area (Å²) in [5.74, 6) is -0.798. The van der Waals surface area contributed by atoms with Crippen molar-refractivity contribution in [3.63, 3.8) is 0 Å². The first-order chi connectivity index (χ1) is 7.22. The number of aryl methyl sites for hydroxylation is 1. The number of nitrogens with zero attached hydrogens (tertiary/aromatic N) is 3. The van der Waals surface area contributed by atoms with Crippen LogP contribution in [0.2, 0.25) is 0 Å². The van der Waals surface area contributed by atoms with Crippen LogP contribution in [0, 0.1) is 0 Å². The first-order valence-corrected chi connectivity index (χ1v) is 4.53. The first-order valence-electron chi connectivity index (χ1n) is 4.53. The summed E-state index contributed by atoms with van der Waals surface area (Å²) >= 11 is 0. The van der Waals surface area contributed by atoms with Crippen LogP contribution in [-0.2, 0) is 17.8 Å². The zero-order valence-corrected chi connectivity index (χ0v) is 8.13. The van der Waals surface area contributed by atoms with Crippen molar-refractivity contribution in [1.82, 2.24) is 0 Å². The maximum atomic E-state index is 10.3. The van der Waals surface area contributed by atoms with E-state index in [2.05, 4.69) is 10.0 Å². The van der Waals surface area contributed by atoms with Gasteiger partial charge in [0.2, 0.25) is 0 Å². The number of aliphatic carboxylic acids is 1. The Morgan fingerprint density at radius 3 is 2.47 bits per heavy atom. The van der Waals surface area contributed by atoms with Gasteiger partial charge in [0.15, 0.2) is 0 Å². The van der Waals surface area contributed by atoms with Crippen LogP contribution in [0.15, 0.2) is 29.4 Å². The summed E-state index contributed by atoms with van der Waals surface area (Å²) in [5.41, 5.74) is 10.0. The van der Waals surface area contributed by atoms with Crippen LogP contribution in [0.4, 0.5) is 0 Å². The van der Waals surface area contributed by atoms with Crippen molar-refractivity contribution < 1.29 is 9.90 Å². The van der Waals surface area contributed by atoms with Crippen LogP contribution >= 0.6 is 0 Å². The normalized spacial score (nSPS) is 9.33. The molecule has 0 aromatic heterocycles. The van der Waals surface area contributed by atoms with Crippen LogP contribution in [-0.4, -0.2) is 11.1 Å². The lowest BCUT2D eigenvalue weighted by Crippen LogP contribution is -1.97. The third-order valence-corrected chi connectivity index (χ3v) is 1.97. The number of hydrogen-bond acceptors (Lipinski definition) is 2. The molecule has 0 unspecified atom stereocenters. The maximum Gasteiger partial charge on any atom is 0.303 e. The number of hydrogen-bond donors (Lipinski definition) is 1. The van der Waals surface area contributed by atoms with Gasteiger partial charge in [-0.1, -0.05) is 29.4 Å². The molecule has 0 aliphatic rings. The zero-order chi connectivity index (χ0) is 11.1. The number of carboxylic acid groups (broad SMARTS) is 1. The van der Waals surface area contributed by atoms with Gasteiger partial charge >= 0.3 is 5.97 Å². The molecule has 0 fully saturated rings. The van der Waals surface area contributed by atoms with E-state index < -0.39 is 5.97 Å².